The summed E-state index contributed by atoms with van der Waals surface area (Å²) in [7, 11) is 0. The van der Waals surface area contributed by atoms with Gasteiger partial charge in [-0.2, -0.15) is 0 Å². The Labute approximate surface area is 125 Å². The van der Waals surface area contributed by atoms with Crippen molar-refractivity contribution < 1.29 is 9.53 Å². The number of carbonyl (C=O) groups is 1. The lowest BCUT2D eigenvalue weighted by Crippen LogP contribution is -2.40. The fourth-order valence-corrected chi connectivity index (χ4v) is 2.67. The number of carbonyl (C=O) groups excluding carboxylic acids is 1. The lowest BCUT2D eigenvalue weighted by molar-refractivity contribution is -0.122. The molecule has 1 aliphatic rings. The second-order valence-corrected chi connectivity index (χ2v) is 5.90. The number of halogens is 1. The second-order valence-electron chi connectivity index (χ2n) is 5.49. The van der Waals surface area contributed by atoms with Gasteiger partial charge < -0.3 is 10.1 Å². The summed E-state index contributed by atoms with van der Waals surface area (Å²) < 4.78 is 5.58. The van der Waals surface area contributed by atoms with Crippen molar-refractivity contribution >= 4 is 17.5 Å². The Balaban J connectivity index is 1.78. The molecule has 0 saturated carbocycles. The molecular formula is C16H22ClNO2. The Morgan fingerprint density at radius 3 is 3.00 bits per heavy atom. The molecule has 1 saturated heterocycles. The lowest BCUT2D eigenvalue weighted by atomic mass is 10.1. The van der Waals surface area contributed by atoms with Crippen LogP contribution < -0.4 is 5.32 Å². The fourth-order valence-electron chi connectivity index (χ4n) is 2.47. The van der Waals surface area contributed by atoms with E-state index in [1.54, 1.807) is 0 Å². The summed E-state index contributed by atoms with van der Waals surface area (Å²) in [5.41, 5.74) is 2.16. The SMILES string of the molecule is Cc1ccc(CCC(=O)N[C@@H](C)[C@@H]2CCCO2)cc1Cl. The molecule has 0 unspecified atom stereocenters. The summed E-state index contributed by atoms with van der Waals surface area (Å²) in [6.07, 6.45) is 3.50. The minimum Gasteiger partial charge on any atom is -0.376 e. The number of nitrogens with one attached hydrogen (secondary N) is 1. The van der Waals surface area contributed by atoms with Gasteiger partial charge in [-0.25, -0.2) is 0 Å². The Hall–Kier alpha value is -1.06. The minimum atomic E-state index is 0.0738. The zero-order valence-corrected chi connectivity index (χ0v) is 12.9. The molecule has 1 N–H and O–H groups in total. The monoisotopic (exact) mass is 295 g/mol. The van der Waals surface area contributed by atoms with Crippen LogP contribution in [-0.2, 0) is 16.0 Å². The predicted molar refractivity (Wildman–Crippen MR) is 81.1 cm³/mol. The number of benzene rings is 1. The zero-order chi connectivity index (χ0) is 14.5. The first-order chi connectivity index (χ1) is 9.56. The predicted octanol–water partition coefficient (Wildman–Crippen LogP) is 3.26. The fraction of sp³-hybridized carbons (Fsp3) is 0.562. The highest BCUT2D eigenvalue weighted by Crippen LogP contribution is 2.18. The van der Waals surface area contributed by atoms with E-state index >= 15 is 0 Å². The van der Waals surface area contributed by atoms with Gasteiger partial charge in [0.25, 0.3) is 0 Å². The van der Waals surface area contributed by atoms with Crippen molar-refractivity contribution in [3.05, 3.63) is 34.3 Å². The van der Waals surface area contributed by atoms with Crippen molar-refractivity contribution in [1.29, 1.82) is 0 Å². The molecule has 1 aliphatic heterocycles. The largest absolute Gasteiger partial charge is 0.376 e. The van der Waals surface area contributed by atoms with Crippen LogP contribution in [-0.4, -0.2) is 24.7 Å². The van der Waals surface area contributed by atoms with E-state index in [0.717, 1.165) is 35.6 Å². The van der Waals surface area contributed by atoms with E-state index in [1.807, 2.05) is 32.0 Å². The maximum Gasteiger partial charge on any atom is 0.220 e. The molecule has 2 rings (SSSR count). The molecular weight excluding hydrogens is 274 g/mol. The van der Waals surface area contributed by atoms with E-state index in [2.05, 4.69) is 5.32 Å². The topological polar surface area (TPSA) is 38.3 Å². The van der Waals surface area contributed by atoms with Gasteiger partial charge in [-0.1, -0.05) is 23.7 Å². The molecule has 0 spiro atoms. The first kappa shape index (κ1) is 15.3. The van der Waals surface area contributed by atoms with E-state index in [0.29, 0.717) is 12.8 Å². The van der Waals surface area contributed by atoms with E-state index in [9.17, 15) is 4.79 Å². The highest BCUT2D eigenvalue weighted by atomic mass is 35.5. The van der Waals surface area contributed by atoms with Crippen LogP contribution in [0.3, 0.4) is 0 Å². The van der Waals surface area contributed by atoms with Crippen molar-refractivity contribution in [2.45, 2.75) is 51.7 Å². The average molecular weight is 296 g/mol. The quantitative estimate of drug-likeness (QED) is 0.905. The number of ether oxygens (including phenoxy) is 1. The third-order valence-electron chi connectivity index (χ3n) is 3.79. The van der Waals surface area contributed by atoms with Crippen LogP contribution >= 0.6 is 11.6 Å². The molecule has 1 aromatic carbocycles. The maximum absolute atomic E-state index is 11.9. The zero-order valence-electron chi connectivity index (χ0n) is 12.1. The summed E-state index contributed by atoms with van der Waals surface area (Å²) in [4.78, 5) is 11.9. The molecule has 110 valence electrons. The minimum absolute atomic E-state index is 0.0738. The van der Waals surface area contributed by atoms with Crippen LogP contribution in [0, 0.1) is 6.92 Å². The molecule has 20 heavy (non-hydrogen) atoms. The molecule has 1 aromatic rings. The molecule has 1 fully saturated rings. The van der Waals surface area contributed by atoms with Crippen molar-refractivity contribution in [3.8, 4) is 0 Å². The van der Waals surface area contributed by atoms with Crippen molar-refractivity contribution in [1.82, 2.24) is 5.32 Å². The van der Waals surface area contributed by atoms with Gasteiger partial charge in [-0.15, -0.1) is 0 Å². The van der Waals surface area contributed by atoms with Gasteiger partial charge in [0.05, 0.1) is 12.1 Å². The molecule has 4 heteroatoms. The summed E-state index contributed by atoms with van der Waals surface area (Å²) in [6, 6.07) is 6.04. The Morgan fingerprint density at radius 1 is 1.55 bits per heavy atom. The Morgan fingerprint density at radius 2 is 2.35 bits per heavy atom. The first-order valence-corrected chi connectivity index (χ1v) is 7.60. The molecule has 2 atom stereocenters. The summed E-state index contributed by atoms with van der Waals surface area (Å²) in [5, 5.41) is 3.78. The molecule has 3 nitrogen and oxygen atoms in total. The highest BCUT2D eigenvalue weighted by molar-refractivity contribution is 6.31. The van der Waals surface area contributed by atoms with Gasteiger partial charge in [-0.05, 0) is 50.3 Å². The van der Waals surface area contributed by atoms with Crippen LogP contribution in [0.15, 0.2) is 18.2 Å². The van der Waals surface area contributed by atoms with Gasteiger partial charge in [0, 0.05) is 18.1 Å². The second kappa shape index (κ2) is 7.09. The normalized spacial score (nSPS) is 19.9. The number of aryl methyl sites for hydroxylation is 2. The summed E-state index contributed by atoms with van der Waals surface area (Å²) >= 11 is 6.08. The molecule has 0 radical (unpaired) electrons. The van der Waals surface area contributed by atoms with Gasteiger partial charge in [-0.3, -0.25) is 4.79 Å². The van der Waals surface area contributed by atoms with Crippen LogP contribution in [0.4, 0.5) is 0 Å². The van der Waals surface area contributed by atoms with Crippen molar-refractivity contribution in [3.63, 3.8) is 0 Å². The van der Waals surface area contributed by atoms with Gasteiger partial charge in [0.2, 0.25) is 5.91 Å². The van der Waals surface area contributed by atoms with E-state index in [4.69, 9.17) is 16.3 Å². The van der Waals surface area contributed by atoms with Crippen LogP contribution in [0.2, 0.25) is 5.02 Å². The maximum atomic E-state index is 11.9. The molecule has 0 bridgehead atoms. The van der Waals surface area contributed by atoms with Crippen LogP contribution in [0.25, 0.3) is 0 Å². The molecule has 0 aliphatic carbocycles. The standard InChI is InChI=1S/C16H22ClNO2/c1-11-5-6-13(10-14(11)17)7-8-16(19)18-12(2)15-4-3-9-20-15/h5-6,10,12,15H,3-4,7-9H2,1-2H3,(H,18,19)/t12-,15-/m0/s1. The van der Waals surface area contributed by atoms with Gasteiger partial charge in [0.1, 0.15) is 0 Å². The third-order valence-corrected chi connectivity index (χ3v) is 4.20. The third kappa shape index (κ3) is 4.22. The molecule has 1 amide bonds. The molecule has 0 aromatic heterocycles. The summed E-state index contributed by atoms with van der Waals surface area (Å²) in [6.45, 7) is 4.80. The van der Waals surface area contributed by atoms with Crippen LogP contribution in [0.5, 0.6) is 0 Å². The van der Waals surface area contributed by atoms with E-state index in [-0.39, 0.29) is 18.1 Å². The first-order valence-electron chi connectivity index (χ1n) is 7.22. The average Bonchev–Trinajstić information content (AvgIpc) is 2.94. The van der Waals surface area contributed by atoms with E-state index in [1.165, 1.54) is 0 Å². The lowest BCUT2D eigenvalue weighted by Gasteiger charge is -2.20. The highest BCUT2D eigenvalue weighted by Gasteiger charge is 2.23. The number of rotatable bonds is 5. The number of hydrogen-bond acceptors (Lipinski definition) is 2. The van der Waals surface area contributed by atoms with Gasteiger partial charge >= 0.3 is 0 Å². The van der Waals surface area contributed by atoms with Crippen molar-refractivity contribution in [2.24, 2.45) is 0 Å². The number of hydrogen-bond donors (Lipinski definition) is 1. The van der Waals surface area contributed by atoms with Gasteiger partial charge in [0.15, 0.2) is 0 Å². The Kier molecular flexibility index (Phi) is 5.44. The van der Waals surface area contributed by atoms with Crippen LogP contribution in [0.1, 0.15) is 37.3 Å². The number of amides is 1. The van der Waals surface area contributed by atoms with Crippen molar-refractivity contribution in [2.75, 3.05) is 6.61 Å². The van der Waals surface area contributed by atoms with E-state index < -0.39 is 0 Å². The Bertz CT molecular complexity index is 470. The summed E-state index contributed by atoms with van der Waals surface area (Å²) in [5.74, 6) is 0.0738. The smallest absolute Gasteiger partial charge is 0.220 e. The molecule has 1 heterocycles.